The van der Waals surface area contributed by atoms with E-state index >= 15 is 0 Å². The van der Waals surface area contributed by atoms with Gasteiger partial charge in [0.15, 0.2) is 0 Å². The van der Waals surface area contributed by atoms with Gasteiger partial charge in [-0.05, 0) is 12.0 Å². The smallest absolute Gasteiger partial charge is 0.239 e. The van der Waals surface area contributed by atoms with Gasteiger partial charge in [-0.1, -0.05) is 25.4 Å². The fourth-order valence-electron chi connectivity index (χ4n) is 2.29. The van der Waals surface area contributed by atoms with Crippen molar-refractivity contribution in [2.75, 3.05) is 13.1 Å². The van der Waals surface area contributed by atoms with Gasteiger partial charge in [-0.3, -0.25) is 4.79 Å². The van der Waals surface area contributed by atoms with E-state index in [9.17, 15) is 4.79 Å². The van der Waals surface area contributed by atoms with Crippen molar-refractivity contribution in [3.63, 3.8) is 0 Å². The van der Waals surface area contributed by atoms with Crippen LogP contribution < -0.4 is 10.5 Å². The summed E-state index contributed by atoms with van der Waals surface area (Å²) in [4.78, 5) is 18.1. The molecule has 5 nitrogen and oxygen atoms in total. The summed E-state index contributed by atoms with van der Waals surface area (Å²) < 4.78 is 5.81. The minimum Gasteiger partial charge on any atom is -0.474 e. The average Bonchev–Trinajstić information content (AvgIpc) is 2.49. The zero-order chi connectivity index (χ0) is 15.4. The van der Waals surface area contributed by atoms with Gasteiger partial charge in [-0.2, -0.15) is 0 Å². The molecule has 1 fully saturated rings. The summed E-state index contributed by atoms with van der Waals surface area (Å²) in [6.07, 6.45) is 3.23. The molecule has 116 valence electrons. The molecule has 2 rings (SSSR count). The Labute approximate surface area is 130 Å². The molecule has 1 aliphatic heterocycles. The summed E-state index contributed by atoms with van der Waals surface area (Å²) in [5, 5.41) is 0.588. The van der Waals surface area contributed by atoms with E-state index in [-0.39, 0.29) is 17.9 Å². The summed E-state index contributed by atoms with van der Waals surface area (Å²) >= 11 is 5.79. The number of pyridine rings is 1. The van der Waals surface area contributed by atoms with E-state index in [1.165, 1.54) is 0 Å². The molecule has 1 atom stereocenters. The summed E-state index contributed by atoms with van der Waals surface area (Å²) in [7, 11) is 0. The first kappa shape index (κ1) is 16.0. The monoisotopic (exact) mass is 311 g/mol. The number of halogens is 1. The van der Waals surface area contributed by atoms with Crippen molar-refractivity contribution >= 4 is 17.5 Å². The van der Waals surface area contributed by atoms with E-state index in [2.05, 4.69) is 4.98 Å². The van der Waals surface area contributed by atoms with E-state index in [1.807, 2.05) is 18.7 Å². The van der Waals surface area contributed by atoms with Crippen LogP contribution in [0.3, 0.4) is 0 Å². The van der Waals surface area contributed by atoms with Crippen LogP contribution in [0.2, 0.25) is 5.02 Å². The molecule has 6 heteroatoms. The summed E-state index contributed by atoms with van der Waals surface area (Å²) in [5.41, 5.74) is 5.92. The quantitative estimate of drug-likeness (QED) is 0.924. The summed E-state index contributed by atoms with van der Waals surface area (Å²) in [5.74, 6) is 0.765. The number of hydrogen-bond acceptors (Lipinski definition) is 4. The highest BCUT2D eigenvalue weighted by Crippen LogP contribution is 2.19. The number of hydrogen-bond donors (Lipinski definition) is 1. The number of amides is 1. The lowest BCUT2D eigenvalue weighted by Crippen LogP contribution is -2.50. The topological polar surface area (TPSA) is 68.5 Å². The highest BCUT2D eigenvalue weighted by Gasteiger charge is 2.28. The van der Waals surface area contributed by atoms with Crippen LogP contribution >= 0.6 is 11.6 Å². The van der Waals surface area contributed by atoms with Gasteiger partial charge in [0.25, 0.3) is 0 Å². The Morgan fingerprint density at radius 1 is 1.43 bits per heavy atom. The fraction of sp³-hybridized carbons (Fsp3) is 0.600. The SMILES string of the molecule is CC(C)[C@H](N)C(=O)N1CCC(Oc2ccc(Cl)cn2)CC1. The molecule has 0 aliphatic carbocycles. The van der Waals surface area contributed by atoms with Gasteiger partial charge in [0, 0.05) is 38.2 Å². The number of carbonyl (C=O) groups is 1. The first-order valence-corrected chi connectivity index (χ1v) is 7.67. The van der Waals surface area contributed by atoms with Crippen molar-refractivity contribution in [1.29, 1.82) is 0 Å². The molecule has 1 saturated heterocycles. The molecule has 0 spiro atoms. The van der Waals surface area contributed by atoms with Crippen LogP contribution in [-0.2, 0) is 4.79 Å². The van der Waals surface area contributed by atoms with E-state index in [0.29, 0.717) is 24.0 Å². The van der Waals surface area contributed by atoms with Crippen LogP contribution in [-0.4, -0.2) is 41.0 Å². The highest BCUT2D eigenvalue weighted by molar-refractivity contribution is 6.30. The lowest BCUT2D eigenvalue weighted by molar-refractivity contribution is -0.135. The Morgan fingerprint density at radius 3 is 2.62 bits per heavy atom. The maximum absolute atomic E-state index is 12.2. The lowest BCUT2D eigenvalue weighted by atomic mass is 10.0. The number of aromatic nitrogens is 1. The van der Waals surface area contributed by atoms with Crippen LogP contribution in [0.1, 0.15) is 26.7 Å². The van der Waals surface area contributed by atoms with Crippen LogP contribution in [0.4, 0.5) is 0 Å². The largest absolute Gasteiger partial charge is 0.474 e. The molecule has 1 aromatic heterocycles. The predicted octanol–water partition coefficient (Wildman–Crippen LogP) is 2.09. The van der Waals surface area contributed by atoms with E-state index < -0.39 is 6.04 Å². The van der Waals surface area contributed by atoms with Gasteiger partial charge in [-0.15, -0.1) is 0 Å². The van der Waals surface area contributed by atoms with Crippen LogP contribution in [0.5, 0.6) is 5.88 Å². The van der Waals surface area contributed by atoms with Crippen molar-refractivity contribution in [3.05, 3.63) is 23.4 Å². The molecule has 1 aromatic rings. The molecule has 0 unspecified atom stereocenters. The van der Waals surface area contributed by atoms with Crippen LogP contribution in [0, 0.1) is 5.92 Å². The molecule has 1 amide bonds. The molecule has 2 heterocycles. The molecule has 0 bridgehead atoms. The standard InChI is InChI=1S/C15H22ClN3O2/c1-10(2)14(17)15(20)19-7-5-12(6-8-19)21-13-4-3-11(16)9-18-13/h3-4,9-10,12,14H,5-8,17H2,1-2H3/t14-/m0/s1. The van der Waals surface area contributed by atoms with E-state index in [0.717, 1.165) is 12.8 Å². The van der Waals surface area contributed by atoms with E-state index in [1.54, 1.807) is 18.3 Å². The zero-order valence-electron chi connectivity index (χ0n) is 12.5. The molecule has 21 heavy (non-hydrogen) atoms. The second kappa shape index (κ2) is 7.09. The molecule has 0 radical (unpaired) electrons. The number of ether oxygens (including phenoxy) is 1. The highest BCUT2D eigenvalue weighted by atomic mass is 35.5. The Kier molecular flexibility index (Phi) is 5.42. The Hall–Kier alpha value is -1.33. The minimum atomic E-state index is -0.416. The second-order valence-electron chi connectivity index (χ2n) is 5.73. The third kappa shape index (κ3) is 4.32. The van der Waals surface area contributed by atoms with Gasteiger partial charge in [0.1, 0.15) is 6.10 Å². The van der Waals surface area contributed by atoms with Crippen molar-refractivity contribution in [3.8, 4) is 5.88 Å². The third-order valence-corrected chi connectivity index (χ3v) is 3.97. The van der Waals surface area contributed by atoms with Crippen molar-refractivity contribution in [1.82, 2.24) is 9.88 Å². The molecule has 1 aliphatic rings. The van der Waals surface area contributed by atoms with Crippen molar-refractivity contribution in [2.24, 2.45) is 11.7 Å². The number of nitrogens with two attached hydrogens (primary N) is 1. The molecular weight excluding hydrogens is 290 g/mol. The predicted molar refractivity (Wildman–Crippen MR) is 82.3 cm³/mol. The minimum absolute atomic E-state index is 0.0352. The Morgan fingerprint density at radius 2 is 2.10 bits per heavy atom. The molecular formula is C15H22ClN3O2. The number of rotatable bonds is 4. The fourth-order valence-corrected chi connectivity index (χ4v) is 2.40. The van der Waals surface area contributed by atoms with Crippen LogP contribution in [0.15, 0.2) is 18.3 Å². The Bertz CT molecular complexity index is 470. The summed E-state index contributed by atoms with van der Waals surface area (Å²) in [6.45, 7) is 5.28. The van der Waals surface area contributed by atoms with Crippen molar-refractivity contribution < 1.29 is 9.53 Å². The first-order chi connectivity index (χ1) is 9.97. The normalized spacial score (nSPS) is 17.9. The van der Waals surface area contributed by atoms with Gasteiger partial charge in [0.05, 0.1) is 11.1 Å². The second-order valence-corrected chi connectivity index (χ2v) is 6.16. The third-order valence-electron chi connectivity index (χ3n) is 3.74. The van der Waals surface area contributed by atoms with Gasteiger partial charge in [0.2, 0.25) is 11.8 Å². The lowest BCUT2D eigenvalue weighted by Gasteiger charge is -2.34. The van der Waals surface area contributed by atoms with Crippen LogP contribution in [0.25, 0.3) is 0 Å². The van der Waals surface area contributed by atoms with Gasteiger partial charge < -0.3 is 15.4 Å². The molecule has 0 aromatic carbocycles. The first-order valence-electron chi connectivity index (χ1n) is 7.30. The molecule has 2 N–H and O–H groups in total. The van der Waals surface area contributed by atoms with Gasteiger partial charge in [-0.25, -0.2) is 4.98 Å². The zero-order valence-corrected chi connectivity index (χ0v) is 13.2. The van der Waals surface area contributed by atoms with E-state index in [4.69, 9.17) is 22.1 Å². The van der Waals surface area contributed by atoms with Gasteiger partial charge >= 0.3 is 0 Å². The number of likely N-dealkylation sites (tertiary alicyclic amines) is 1. The average molecular weight is 312 g/mol. The number of carbonyl (C=O) groups excluding carboxylic acids is 1. The summed E-state index contributed by atoms with van der Waals surface area (Å²) in [6, 6.07) is 3.10. The maximum atomic E-state index is 12.2. The Balaban J connectivity index is 1.83. The molecule has 0 saturated carbocycles. The number of nitrogens with zero attached hydrogens (tertiary/aromatic N) is 2. The maximum Gasteiger partial charge on any atom is 0.239 e. The van der Waals surface area contributed by atoms with Crippen molar-refractivity contribution in [2.45, 2.75) is 38.8 Å². The number of piperidine rings is 1.